The zero-order chi connectivity index (χ0) is 46.2. The van der Waals surface area contributed by atoms with Gasteiger partial charge in [0.05, 0.1) is 86.2 Å². The van der Waals surface area contributed by atoms with Gasteiger partial charge in [0, 0.05) is 11.6 Å². The third-order valence-corrected chi connectivity index (χ3v) is 13.5. The van der Waals surface area contributed by atoms with Crippen molar-refractivity contribution in [3.63, 3.8) is 0 Å². The van der Waals surface area contributed by atoms with Crippen LogP contribution in [0.5, 0.6) is 11.5 Å². The van der Waals surface area contributed by atoms with Crippen molar-refractivity contribution < 1.29 is 248 Å². The quantitative estimate of drug-likeness (QED) is 0.00849. The predicted octanol–water partition coefficient (Wildman–Crippen LogP) is -14.4. The first kappa shape index (κ1) is 69.4. The van der Waals surface area contributed by atoms with E-state index in [4.69, 9.17) is 10.5 Å². The number of benzene rings is 4. The molecular weight excluding hydrogens is 1080 g/mol. The van der Waals surface area contributed by atoms with E-state index < -0.39 is 130 Å². The van der Waals surface area contributed by atoms with E-state index in [0.717, 1.165) is 37.4 Å². The second-order valence-corrected chi connectivity index (χ2v) is 19.4. The number of sulfone groups is 2. The van der Waals surface area contributed by atoms with E-state index >= 15 is 0 Å². The van der Waals surface area contributed by atoms with Gasteiger partial charge in [-0.2, -0.15) is 4.33 Å². The number of phenolic OH excluding ortho intramolecular Hbond substituents is 1. The van der Waals surface area contributed by atoms with Crippen molar-refractivity contribution in [3.8, 4) is 11.5 Å². The zero-order valence-electron chi connectivity index (χ0n) is 35.7. The van der Waals surface area contributed by atoms with Gasteiger partial charge in [0.2, 0.25) is 10.4 Å². The van der Waals surface area contributed by atoms with Gasteiger partial charge in [-0.05, 0) is 54.3 Å². The summed E-state index contributed by atoms with van der Waals surface area (Å²) < 4.78 is 143. The summed E-state index contributed by atoms with van der Waals surface area (Å²) in [5.41, 5.74) is 2.24. The molecule has 0 amide bonds. The fourth-order valence-electron chi connectivity index (χ4n) is 5.10. The minimum atomic E-state index is -5.50. The second kappa shape index (κ2) is 30.5. The molecule has 0 heterocycles. The van der Waals surface area contributed by atoms with Gasteiger partial charge in [-0.3, -0.25) is 18.4 Å². The summed E-state index contributed by atoms with van der Waals surface area (Å²) in [5.74, 6) is -4.93. The van der Waals surface area contributed by atoms with Crippen LogP contribution in [0, 0.1) is 6.92 Å². The number of carbonyl (C=O) groups is 1. The number of phenols is 1. The molecule has 0 aliphatic carbocycles. The number of methoxy groups -OCH3 is 1. The Bertz CT molecular complexity index is 2900. The number of nitrogens with zero attached hydrogens (tertiary/aromatic N) is 4. The smallest absolute Gasteiger partial charge is 0.744 e. The number of azo groups is 2. The van der Waals surface area contributed by atoms with Gasteiger partial charge in [0.1, 0.15) is 32.9 Å². The van der Waals surface area contributed by atoms with E-state index in [1.807, 2.05) is 0 Å². The van der Waals surface area contributed by atoms with Gasteiger partial charge in [-0.1, -0.05) is 0 Å². The Morgan fingerprint density at radius 3 is 1.93 bits per heavy atom. The fourth-order valence-corrected chi connectivity index (χ4v) is 9.43. The molecule has 27 nitrogen and oxygen atoms in total. The van der Waals surface area contributed by atoms with Crippen LogP contribution in [0.2, 0.25) is 0 Å². The molecule has 0 radical (unpaired) electrons. The summed E-state index contributed by atoms with van der Waals surface area (Å²) in [6, 6.07) is 6.17. The van der Waals surface area contributed by atoms with Crippen LogP contribution in [0.15, 0.2) is 82.5 Å². The summed E-state index contributed by atoms with van der Waals surface area (Å²) in [7, 11) is -18.2. The molecule has 3 N–H and O–H groups in total. The van der Waals surface area contributed by atoms with Crippen molar-refractivity contribution in [2.45, 2.75) is 26.5 Å². The number of aromatic carboxylic acids is 1. The normalized spacial score (nSPS) is 11.9. The number of nitrogens with two attached hydrogens (primary N) is 1. The minimum absolute atomic E-state index is 0. The number of anilines is 1. The number of carboxylic acid groups (broad SMARTS) is 1. The summed E-state index contributed by atoms with van der Waals surface area (Å²) in [6.07, 6.45) is 0. The molecule has 0 saturated heterocycles. The number of carboxylic acids is 1. The Kier molecular flexibility index (Phi) is 31.6. The molecule has 4 aromatic rings. The maximum atomic E-state index is 12.9. The van der Waals surface area contributed by atoms with E-state index in [0.29, 0.717) is 12.1 Å². The number of carbonyl (C=O) groups excluding carboxylic acids is 1. The van der Waals surface area contributed by atoms with Crippen molar-refractivity contribution in [3.05, 3.63) is 53.6 Å². The first-order valence-electron chi connectivity index (χ1n) is 15.8. The molecule has 0 spiro atoms. The van der Waals surface area contributed by atoms with Crippen LogP contribution in [-0.4, -0.2) is 85.7 Å². The molecular formula is C29H24N5Na5O22S6. The van der Waals surface area contributed by atoms with Gasteiger partial charge in [0.15, 0.2) is 37.7 Å². The molecule has 0 unspecified atom stereocenters. The maximum absolute atomic E-state index is 12.9. The van der Waals surface area contributed by atoms with Gasteiger partial charge >= 0.3 is 148 Å². The van der Waals surface area contributed by atoms with Crippen molar-refractivity contribution in [2.75, 3.05) is 37.6 Å². The number of nitrogen functional groups attached to an aromatic ring is 1. The van der Waals surface area contributed by atoms with Crippen LogP contribution >= 0.6 is 24.4 Å². The Hall–Kier alpha value is 0.310. The predicted molar refractivity (Wildman–Crippen MR) is 198 cm³/mol. The number of hydrogen-bond acceptors (Lipinski definition) is 29. The van der Waals surface area contributed by atoms with E-state index in [-0.39, 0.29) is 195 Å². The molecule has 0 aromatic heterocycles. The van der Waals surface area contributed by atoms with Crippen LogP contribution in [0.3, 0.4) is 0 Å². The van der Waals surface area contributed by atoms with Crippen molar-refractivity contribution >= 4 is 110 Å². The number of rotatable bonds is 22. The van der Waals surface area contributed by atoms with E-state index in [1.165, 1.54) is 6.92 Å². The monoisotopic (exact) mass is 1100 g/mol. The summed E-state index contributed by atoms with van der Waals surface area (Å²) in [6.45, 7) is -0.286. The third-order valence-electron chi connectivity index (χ3n) is 7.73. The molecule has 4 aromatic carbocycles. The third kappa shape index (κ3) is 19.3. The molecule has 0 fully saturated rings. The SMILES string of the molecule is COc1cc(S(=O)(=O)CCOS(=O)(=O)[O-])c(C)cc1N=Nc1c(S(=O)(=O)[O-])cc2cc(SOO[O-])c(N=Nc3ccc(S(=O)(=O)CCOSOO[O-])cc3C(=O)[O-])c(O)c2c1N.[Na+].[Na+].[Na+].[Na+].[Na+]. The first-order valence-corrected chi connectivity index (χ1v) is 23.3. The summed E-state index contributed by atoms with van der Waals surface area (Å²) in [5, 5.41) is 64.8. The maximum Gasteiger partial charge on any atom is 1.00 e. The molecule has 0 atom stereocenters. The van der Waals surface area contributed by atoms with E-state index in [2.05, 4.69) is 47.6 Å². The molecule has 4 rings (SSSR count). The Morgan fingerprint density at radius 2 is 1.36 bits per heavy atom. The average molecular weight is 1100 g/mol. The van der Waals surface area contributed by atoms with Gasteiger partial charge < -0.3 is 45.1 Å². The van der Waals surface area contributed by atoms with Gasteiger partial charge in [-0.25, -0.2) is 33.7 Å². The number of fused-ring (bicyclic) bond motifs is 1. The van der Waals surface area contributed by atoms with Crippen molar-refractivity contribution in [1.29, 1.82) is 0 Å². The molecule has 0 aliphatic heterocycles. The number of aryl methyl sites for hydroxylation is 1. The van der Waals surface area contributed by atoms with Gasteiger partial charge in [0.25, 0.3) is 0 Å². The van der Waals surface area contributed by atoms with Crippen molar-refractivity contribution in [1.82, 2.24) is 0 Å². The zero-order valence-corrected chi connectivity index (χ0v) is 50.6. The average Bonchev–Trinajstić information content (AvgIpc) is 3.17. The van der Waals surface area contributed by atoms with Crippen LogP contribution in [0.1, 0.15) is 15.9 Å². The van der Waals surface area contributed by atoms with Crippen molar-refractivity contribution in [2.24, 2.45) is 20.5 Å². The van der Waals surface area contributed by atoms with Crippen LogP contribution in [-0.2, 0) is 67.3 Å². The Morgan fingerprint density at radius 1 is 0.761 bits per heavy atom. The Labute approximate surface area is 500 Å². The Balaban J connectivity index is 0. The van der Waals surface area contributed by atoms with Gasteiger partial charge in [-0.15, -0.1) is 24.8 Å². The summed E-state index contributed by atoms with van der Waals surface area (Å²) in [4.78, 5) is 9.55. The molecule has 38 heteroatoms. The molecule has 338 valence electrons. The molecule has 0 saturated carbocycles. The topological polar surface area (TPSA) is 429 Å². The minimum Gasteiger partial charge on any atom is -0.744 e. The van der Waals surface area contributed by atoms with Crippen LogP contribution in [0.4, 0.5) is 28.4 Å². The first-order chi connectivity index (χ1) is 28.9. The largest absolute Gasteiger partial charge is 1.00 e. The van der Waals surface area contributed by atoms with E-state index in [9.17, 15) is 68.3 Å². The second-order valence-electron chi connectivity index (χ2n) is 11.5. The fraction of sp³-hybridized carbons (Fsp3) is 0.207. The van der Waals surface area contributed by atoms with Crippen LogP contribution < -0.4 is 174 Å². The molecule has 0 bridgehead atoms. The number of ether oxygens (including phenoxy) is 1. The molecule has 0 aliphatic rings. The summed E-state index contributed by atoms with van der Waals surface area (Å²) >= 11 is 0.0985. The number of hydrogen-bond donors (Lipinski definition) is 2. The van der Waals surface area contributed by atoms with Crippen LogP contribution in [0.25, 0.3) is 10.8 Å². The number of aromatic hydroxyl groups is 1. The molecule has 67 heavy (non-hydrogen) atoms. The standard InChI is InChI=1S/C29H29N5O22S6.5Na/c1-14-9-19(20(50-2)13-22(14)60(42,43)8-6-52-62(47,48)49)32-34-27-23(61(44,45)46)11-15-10-21(57-55-53-38)26(28(35)24(15)25(27)30)33-31-18-4-3-16(12-17(18)29(36)37)59(40,41)7-5-51-58-56-54-39;;;;;/h3-4,9-13,35,38-39H,5-8,30H2,1-2H3,(H,36,37)(H,44,45,46)(H,47,48,49);;;;;/q;5*+1/p-5. The van der Waals surface area contributed by atoms with E-state index in [1.54, 1.807) is 0 Å².